The maximum absolute atomic E-state index is 9.76. The molecule has 0 amide bonds. The summed E-state index contributed by atoms with van der Waals surface area (Å²) in [6.07, 6.45) is 7.67. The monoisotopic (exact) mass is 273 g/mol. The fourth-order valence-electron chi connectivity index (χ4n) is 3.59. The van der Waals surface area contributed by atoms with Gasteiger partial charge in [0.05, 0.1) is 17.2 Å². The number of aryl methyl sites for hydroxylation is 2. The highest BCUT2D eigenvalue weighted by atomic mass is 15.3. The van der Waals surface area contributed by atoms with Gasteiger partial charge in [0.25, 0.3) is 0 Å². The molecule has 0 saturated heterocycles. The Balaban J connectivity index is 2.21. The van der Waals surface area contributed by atoms with E-state index in [1.54, 1.807) is 0 Å². The summed E-state index contributed by atoms with van der Waals surface area (Å²) in [5, 5.41) is 14.4. The van der Waals surface area contributed by atoms with Crippen LogP contribution in [0.2, 0.25) is 0 Å². The van der Waals surface area contributed by atoms with Gasteiger partial charge in [-0.3, -0.25) is 4.68 Å². The second kappa shape index (κ2) is 6.43. The molecule has 1 saturated carbocycles. The molecule has 0 aromatic carbocycles. The fourth-order valence-corrected chi connectivity index (χ4v) is 3.59. The zero-order valence-corrected chi connectivity index (χ0v) is 13.2. The number of aromatic nitrogens is 2. The first kappa shape index (κ1) is 15.1. The molecule has 2 rings (SSSR count). The van der Waals surface area contributed by atoms with Crippen LogP contribution in [0.4, 0.5) is 0 Å². The van der Waals surface area contributed by atoms with Gasteiger partial charge in [-0.05, 0) is 38.2 Å². The first-order valence-electron chi connectivity index (χ1n) is 8.13. The predicted molar refractivity (Wildman–Crippen MR) is 81.3 cm³/mol. The molecule has 1 aliphatic rings. The van der Waals surface area contributed by atoms with E-state index in [9.17, 15) is 5.26 Å². The highest BCUT2D eigenvalue weighted by Gasteiger charge is 2.37. The minimum Gasteiger partial charge on any atom is -0.270 e. The van der Waals surface area contributed by atoms with E-state index in [1.807, 2.05) is 0 Å². The summed E-state index contributed by atoms with van der Waals surface area (Å²) >= 11 is 0. The van der Waals surface area contributed by atoms with Gasteiger partial charge < -0.3 is 0 Å². The maximum Gasteiger partial charge on any atom is 0.0693 e. The smallest absolute Gasteiger partial charge is 0.0693 e. The van der Waals surface area contributed by atoms with E-state index in [1.165, 1.54) is 25.0 Å². The molecule has 20 heavy (non-hydrogen) atoms. The average Bonchev–Trinajstić information content (AvgIpc) is 2.89. The zero-order chi connectivity index (χ0) is 14.6. The van der Waals surface area contributed by atoms with Crippen molar-refractivity contribution in [3.63, 3.8) is 0 Å². The van der Waals surface area contributed by atoms with Crippen LogP contribution in [0.3, 0.4) is 0 Å². The van der Waals surface area contributed by atoms with Crippen LogP contribution in [0, 0.1) is 22.7 Å². The number of nitrogens with zero attached hydrogens (tertiary/aromatic N) is 3. The minimum atomic E-state index is -0.156. The van der Waals surface area contributed by atoms with E-state index in [0.717, 1.165) is 43.8 Å². The second-order valence-electron chi connectivity index (χ2n) is 6.24. The molecule has 1 heterocycles. The number of hydrogen-bond acceptors (Lipinski definition) is 2. The molecular weight excluding hydrogens is 246 g/mol. The molecule has 1 fully saturated rings. The van der Waals surface area contributed by atoms with Crippen molar-refractivity contribution in [2.75, 3.05) is 0 Å². The Bertz CT molecular complexity index is 483. The van der Waals surface area contributed by atoms with Crippen molar-refractivity contribution in [3.05, 3.63) is 17.5 Å². The lowest BCUT2D eigenvalue weighted by Gasteiger charge is -2.35. The standard InChI is InChI=1S/C17H27N3/c1-4-14-8-7-9-17(11-14,13-18)12-16-10-15(5-2)19-20(16)6-3/h10,14H,4-9,11-12H2,1-3H3. The molecule has 110 valence electrons. The van der Waals surface area contributed by atoms with Gasteiger partial charge in [0.1, 0.15) is 0 Å². The van der Waals surface area contributed by atoms with Crippen LogP contribution < -0.4 is 0 Å². The van der Waals surface area contributed by atoms with E-state index in [4.69, 9.17) is 0 Å². The molecule has 3 nitrogen and oxygen atoms in total. The van der Waals surface area contributed by atoms with Crippen LogP contribution in [-0.2, 0) is 19.4 Å². The molecule has 1 aromatic rings. The molecule has 3 heteroatoms. The van der Waals surface area contributed by atoms with Crippen LogP contribution in [0.5, 0.6) is 0 Å². The molecular formula is C17H27N3. The van der Waals surface area contributed by atoms with Gasteiger partial charge in [-0.1, -0.05) is 33.1 Å². The molecule has 1 aliphatic carbocycles. The van der Waals surface area contributed by atoms with Crippen molar-refractivity contribution < 1.29 is 0 Å². The first-order valence-corrected chi connectivity index (χ1v) is 8.13. The van der Waals surface area contributed by atoms with Gasteiger partial charge in [0.15, 0.2) is 0 Å². The van der Waals surface area contributed by atoms with Gasteiger partial charge >= 0.3 is 0 Å². The Morgan fingerprint density at radius 2 is 2.25 bits per heavy atom. The Labute approximate surface area is 123 Å². The van der Waals surface area contributed by atoms with Crippen LogP contribution in [0.1, 0.15) is 64.3 Å². The molecule has 0 spiro atoms. The summed E-state index contributed by atoms with van der Waals surface area (Å²) in [5.41, 5.74) is 2.25. The Kier molecular flexibility index (Phi) is 4.86. The van der Waals surface area contributed by atoms with E-state index in [-0.39, 0.29) is 5.41 Å². The van der Waals surface area contributed by atoms with Crippen molar-refractivity contribution in [2.24, 2.45) is 11.3 Å². The fraction of sp³-hybridized carbons (Fsp3) is 0.765. The quantitative estimate of drug-likeness (QED) is 0.810. The summed E-state index contributed by atoms with van der Waals surface area (Å²) in [7, 11) is 0. The summed E-state index contributed by atoms with van der Waals surface area (Å²) in [4.78, 5) is 0. The first-order chi connectivity index (χ1) is 9.66. The summed E-state index contributed by atoms with van der Waals surface area (Å²) in [6, 6.07) is 4.87. The van der Waals surface area contributed by atoms with E-state index in [0.29, 0.717) is 0 Å². The molecule has 2 unspecified atom stereocenters. The normalized spacial score (nSPS) is 26.4. The van der Waals surface area contributed by atoms with Crippen molar-refractivity contribution in [1.82, 2.24) is 9.78 Å². The lowest BCUT2D eigenvalue weighted by molar-refractivity contribution is 0.191. The summed E-state index contributed by atoms with van der Waals surface area (Å²) < 4.78 is 2.09. The van der Waals surface area contributed by atoms with Crippen molar-refractivity contribution >= 4 is 0 Å². The highest BCUT2D eigenvalue weighted by Crippen LogP contribution is 2.42. The molecule has 1 aromatic heterocycles. The van der Waals surface area contributed by atoms with Gasteiger partial charge in [0.2, 0.25) is 0 Å². The average molecular weight is 273 g/mol. The Hall–Kier alpha value is -1.30. The Morgan fingerprint density at radius 3 is 2.85 bits per heavy atom. The van der Waals surface area contributed by atoms with Gasteiger partial charge in [0, 0.05) is 18.7 Å². The topological polar surface area (TPSA) is 41.6 Å². The van der Waals surface area contributed by atoms with Crippen molar-refractivity contribution in [3.8, 4) is 6.07 Å². The van der Waals surface area contributed by atoms with Gasteiger partial charge in [-0.15, -0.1) is 0 Å². The molecule has 0 radical (unpaired) electrons. The second-order valence-corrected chi connectivity index (χ2v) is 6.24. The third kappa shape index (κ3) is 3.06. The third-order valence-corrected chi connectivity index (χ3v) is 4.86. The zero-order valence-electron chi connectivity index (χ0n) is 13.2. The highest BCUT2D eigenvalue weighted by molar-refractivity contribution is 5.16. The van der Waals surface area contributed by atoms with Crippen molar-refractivity contribution in [2.45, 2.75) is 72.3 Å². The summed E-state index contributed by atoms with van der Waals surface area (Å²) in [5.74, 6) is 0.729. The largest absolute Gasteiger partial charge is 0.270 e. The lowest BCUT2D eigenvalue weighted by atomic mass is 9.67. The van der Waals surface area contributed by atoms with Crippen LogP contribution >= 0.6 is 0 Å². The molecule has 0 N–H and O–H groups in total. The predicted octanol–water partition coefficient (Wildman–Crippen LogP) is 4.12. The number of nitriles is 1. The van der Waals surface area contributed by atoms with Crippen LogP contribution in [0.15, 0.2) is 6.07 Å². The van der Waals surface area contributed by atoms with E-state index in [2.05, 4.69) is 42.7 Å². The number of hydrogen-bond donors (Lipinski definition) is 0. The molecule has 0 bridgehead atoms. The van der Waals surface area contributed by atoms with E-state index < -0.39 is 0 Å². The molecule has 2 atom stereocenters. The van der Waals surface area contributed by atoms with Gasteiger partial charge in [-0.2, -0.15) is 10.4 Å². The summed E-state index contributed by atoms with van der Waals surface area (Å²) in [6.45, 7) is 7.42. The van der Waals surface area contributed by atoms with Crippen LogP contribution in [-0.4, -0.2) is 9.78 Å². The van der Waals surface area contributed by atoms with Crippen LogP contribution in [0.25, 0.3) is 0 Å². The maximum atomic E-state index is 9.76. The minimum absolute atomic E-state index is 0.156. The third-order valence-electron chi connectivity index (χ3n) is 4.86. The Morgan fingerprint density at radius 1 is 1.45 bits per heavy atom. The van der Waals surface area contributed by atoms with E-state index >= 15 is 0 Å². The van der Waals surface area contributed by atoms with Crippen molar-refractivity contribution in [1.29, 1.82) is 5.26 Å². The van der Waals surface area contributed by atoms with Gasteiger partial charge in [-0.25, -0.2) is 0 Å². The number of rotatable bonds is 5. The SMILES string of the molecule is CCc1cc(CC2(C#N)CCCC(CC)C2)n(CC)n1. The lowest BCUT2D eigenvalue weighted by Crippen LogP contribution is -2.30. The molecule has 0 aliphatic heterocycles.